The van der Waals surface area contributed by atoms with E-state index in [4.69, 9.17) is 9.47 Å². The van der Waals surface area contributed by atoms with Gasteiger partial charge < -0.3 is 14.4 Å². The van der Waals surface area contributed by atoms with E-state index in [0.717, 1.165) is 27.8 Å². The molecule has 6 nitrogen and oxygen atoms in total. The number of nitrogens with zero attached hydrogens (tertiary/aromatic N) is 3. The first-order valence-corrected chi connectivity index (χ1v) is 12.9. The third-order valence-corrected chi connectivity index (χ3v) is 7.15. The summed E-state index contributed by atoms with van der Waals surface area (Å²) in [4.78, 5) is 8.97. The summed E-state index contributed by atoms with van der Waals surface area (Å²) in [5, 5.41) is 4.24. The van der Waals surface area contributed by atoms with Crippen molar-refractivity contribution in [2.45, 2.75) is 13.0 Å². The Morgan fingerprint density at radius 1 is 1.11 bits per heavy atom. The Balaban J connectivity index is 0.00000228. The van der Waals surface area contributed by atoms with Gasteiger partial charge in [-0.1, -0.05) is 6.61 Å². The number of fused-ring (bicyclic) bond motifs is 1. The maximum atomic E-state index is 13.5. The number of aromatic nitrogens is 2. The van der Waals surface area contributed by atoms with E-state index in [1.165, 1.54) is 18.5 Å². The molecule has 1 unspecified atom stereocenters. The molecule has 186 valence electrons. The van der Waals surface area contributed by atoms with E-state index in [1.807, 2.05) is 25.1 Å². The van der Waals surface area contributed by atoms with Crippen LogP contribution in [-0.2, 0) is 4.74 Å². The van der Waals surface area contributed by atoms with Crippen LogP contribution in [0.25, 0.3) is 22.0 Å². The molecule has 0 radical (unpaired) electrons. The Labute approximate surface area is 235 Å². The number of allylic oxidation sites excluding steroid dienone is 1. The summed E-state index contributed by atoms with van der Waals surface area (Å²) < 4.78 is 31.7. The van der Waals surface area contributed by atoms with Gasteiger partial charge >= 0.3 is 211 Å². The van der Waals surface area contributed by atoms with Crippen LogP contribution < -0.4 is 50.4 Å². The quantitative estimate of drug-likeness (QED) is 0.209. The van der Waals surface area contributed by atoms with Gasteiger partial charge in [-0.3, -0.25) is 0 Å². The van der Waals surface area contributed by atoms with Crippen LogP contribution in [0.3, 0.4) is 0 Å². The molecule has 2 heterocycles. The van der Waals surface area contributed by atoms with Crippen molar-refractivity contribution in [2.75, 3.05) is 25.1 Å². The summed E-state index contributed by atoms with van der Waals surface area (Å²) in [6, 6.07) is 10.2. The molecule has 0 bridgehead atoms. The van der Waals surface area contributed by atoms with Crippen LogP contribution in [0.15, 0.2) is 67.7 Å². The number of benzene rings is 2. The van der Waals surface area contributed by atoms with Gasteiger partial charge in [0, 0.05) is 0 Å². The summed E-state index contributed by atoms with van der Waals surface area (Å²) in [5.41, 5.74) is 4.60. The SMILES string of the molecule is [CH2-]COC([CH2-])COc1cc(-c2ccc(F)cc2)cc2c(NCC3=C[I-]N=C(C)C=C3)ncnc12.[CH3-].[Li+]. The fraction of sp³-hybridized carbons (Fsp3) is 0.185. The first-order valence-electron chi connectivity index (χ1n) is 10.7. The molecule has 3 aromatic rings. The predicted octanol–water partition coefficient (Wildman–Crippen LogP) is -0.347. The molecule has 9 heteroatoms. The van der Waals surface area contributed by atoms with Crippen molar-refractivity contribution in [1.82, 2.24) is 9.97 Å². The zero-order chi connectivity index (χ0) is 23.9. The fourth-order valence-corrected chi connectivity index (χ4v) is 4.86. The van der Waals surface area contributed by atoms with Crippen molar-refractivity contribution in [1.29, 1.82) is 0 Å². The van der Waals surface area contributed by atoms with Crippen molar-refractivity contribution in [2.24, 2.45) is 3.21 Å². The molecule has 0 spiro atoms. The van der Waals surface area contributed by atoms with Crippen LogP contribution in [0.2, 0.25) is 0 Å². The van der Waals surface area contributed by atoms with E-state index < -0.39 is 0 Å². The summed E-state index contributed by atoms with van der Waals surface area (Å²) >= 11 is -0.353. The minimum absolute atomic E-state index is 0. The molecule has 0 aliphatic carbocycles. The average Bonchev–Trinajstić information content (AvgIpc) is 3.05. The topological polar surface area (TPSA) is 68.6 Å². The number of hydrogen-bond acceptors (Lipinski definition) is 6. The molecule has 1 atom stereocenters. The molecule has 2 aromatic carbocycles. The van der Waals surface area contributed by atoms with Crippen molar-refractivity contribution >= 4 is 22.4 Å². The Morgan fingerprint density at radius 3 is 2.64 bits per heavy atom. The van der Waals surface area contributed by atoms with Gasteiger partial charge in [0.1, 0.15) is 0 Å². The zero-order valence-electron chi connectivity index (χ0n) is 20.8. The number of anilines is 1. The summed E-state index contributed by atoms with van der Waals surface area (Å²) in [7, 11) is 0. The van der Waals surface area contributed by atoms with Crippen LogP contribution in [0, 0.1) is 27.1 Å². The van der Waals surface area contributed by atoms with Crippen LogP contribution in [0.4, 0.5) is 10.2 Å². The van der Waals surface area contributed by atoms with Gasteiger partial charge in [0.2, 0.25) is 0 Å². The number of nitrogens with one attached hydrogen (secondary N) is 1. The molecule has 36 heavy (non-hydrogen) atoms. The fourth-order valence-electron chi connectivity index (χ4n) is 3.33. The van der Waals surface area contributed by atoms with Gasteiger partial charge in [-0.15, -0.1) is 0 Å². The van der Waals surface area contributed by atoms with Gasteiger partial charge in [0.05, 0.1) is 0 Å². The third kappa shape index (κ3) is 7.87. The first-order chi connectivity index (χ1) is 16.5. The van der Waals surface area contributed by atoms with E-state index in [-0.39, 0.29) is 66.3 Å². The van der Waals surface area contributed by atoms with E-state index in [0.29, 0.717) is 30.2 Å². The van der Waals surface area contributed by atoms with Gasteiger partial charge in [-0.25, -0.2) is 4.39 Å². The van der Waals surface area contributed by atoms with Crippen molar-refractivity contribution in [3.63, 3.8) is 0 Å². The average molecular weight is 593 g/mol. The zero-order valence-corrected chi connectivity index (χ0v) is 23.0. The normalized spacial score (nSPS) is 13.8. The second-order valence-electron chi connectivity index (χ2n) is 7.60. The maximum absolute atomic E-state index is 13.5. The van der Waals surface area contributed by atoms with Crippen molar-refractivity contribution < 1.29 is 54.2 Å². The monoisotopic (exact) mass is 593 g/mol. The molecule has 0 amide bonds. The van der Waals surface area contributed by atoms with E-state index in [9.17, 15) is 4.39 Å². The van der Waals surface area contributed by atoms with Gasteiger partial charge in [0.15, 0.2) is 0 Å². The van der Waals surface area contributed by atoms with Crippen molar-refractivity contribution in [3.05, 3.63) is 91.6 Å². The summed E-state index contributed by atoms with van der Waals surface area (Å²) in [6.45, 7) is 10.8. The molecule has 0 fully saturated rings. The Bertz CT molecular complexity index is 1250. The standard InChI is InChI=1S/C26H25FIN4O2.CH3.Li/c1-4-33-18(3)15-34-24-12-21(20-7-9-22(27)10-8-20)11-23-25(24)30-16-31-26(23)29-14-19-6-5-17(2)32-28-13-19;;/h5-13,16,18H,1,3-4,14-15H2,2H3,(H,29,30,31);1H3;/q-3;-1;+1. The van der Waals surface area contributed by atoms with E-state index in [1.54, 1.807) is 12.1 Å². The minimum atomic E-state index is -0.371. The smallest absolute Gasteiger partial charge is 0.358 e. The molecule has 1 aliphatic heterocycles. The molecule has 1 aromatic heterocycles. The van der Waals surface area contributed by atoms with Crippen LogP contribution in [-0.4, -0.2) is 41.5 Å². The van der Waals surface area contributed by atoms with Gasteiger partial charge in [0.25, 0.3) is 0 Å². The number of halogens is 2. The second-order valence-corrected chi connectivity index (χ2v) is 9.26. The molecule has 0 saturated carbocycles. The van der Waals surface area contributed by atoms with Crippen LogP contribution in [0.5, 0.6) is 5.75 Å². The van der Waals surface area contributed by atoms with Gasteiger partial charge in [-0.05, 0) is 0 Å². The Hall–Kier alpha value is -2.25. The molecule has 4 rings (SSSR count). The second kappa shape index (κ2) is 14.5. The van der Waals surface area contributed by atoms with E-state index in [2.05, 4.69) is 42.5 Å². The molecular formula is C27H28FILiN4O2-3. The third-order valence-electron chi connectivity index (χ3n) is 5.03. The van der Waals surface area contributed by atoms with E-state index >= 15 is 0 Å². The Kier molecular flexibility index (Phi) is 12.1. The van der Waals surface area contributed by atoms with Gasteiger partial charge in [-0.2, -0.15) is 0 Å². The number of rotatable bonds is 9. The van der Waals surface area contributed by atoms with Crippen molar-refractivity contribution in [3.8, 4) is 16.9 Å². The molecule has 1 N–H and O–H groups in total. The first kappa shape index (κ1) is 30.0. The summed E-state index contributed by atoms with van der Waals surface area (Å²) in [5.74, 6) is 0.976. The number of ether oxygens (including phenoxy) is 2. The largest absolute Gasteiger partial charge is 1.00 e. The minimum Gasteiger partial charge on any atom is -0.358 e. The maximum Gasteiger partial charge on any atom is 1.00 e. The Morgan fingerprint density at radius 2 is 1.89 bits per heavy atom. The van der Waals surface area contributed by atoms with Crippen LogP contribution >= 0.6 is 0 Å². The summed E-state index contributed by atoms with van der Waals surface area (Å²) in [6.07, 6.45) is 5.25. The molecular weight excluding hydrogens is 565 g/mol. The molecule has 1 aliphatic rings. The molecule has 0 saturated heterocycles. The number of hydrogen-bond donors (Lipinski definition) is 1. The van der Waals surface area contributed by atoms with Crippen LogP contribution in [0.1, 0.15) is 6.92 Å². The predicted molar refractivity (Wildman–Crippen MR) is 136 cm³/mol.